The second-order valence-corrected chi connectivity index (χ2v) is 13.8. The summed E-state index contributed by atoms with van der Waals surface area (Å²) in [7, 11) is 0. The maximum absolute atomic E-state index is 4.96. The Labute approximate surface area is 310 Å². The van der Waals surface area contributed by atoms with Gasteiger partial charge in [-0.1, -0.05) is 104 Å². The largest absolute Gasteiger partial charge is 0.294 e. The number of benzene rings is 7. The molecular formula is C49H40N4. The van der Waals surface area contributed by atoms with Crippen LogP contribution in [0.2, 0.25) is 0 Å². The molecule has 53 heavy (non-hydrogen) atoms. The fourth-order valence-electron chi connectivity index (χ4n) is 8.21. The Morgan fingerprint density at radius 3 is 1.51 bits per heavy atom. The first-order chi connectivity index (χ1) is 26.0. The van der Waals surface area contributed by atoms with Gasteiger partial charge in [0.1, 0.15) is 11.6 Å². The summed E-state index contributed by atoms with van der Waals surface area (Å²) in [5, 5.41) is 9.80. The predicted octanol–water partition coefficient (Wildman–Crippen LogP) is 13.5. The minimum atomic E-state index is 0.843. The normalized spacial score (nSPS) is 11.5. The van der Waals surface area contributed by atoms with Crippen LogP contribution >= 0.6 is 0 Å². The molecule has 7 aromatic carbocycles. The number of nitrogens with zero attached hydrogens (tertiary/aromatic N) is 4. The smallest absolute Gasteiger partial charge is 0.137 e. The molecule has 2 aromatic heterocycles. The minimum Gasteiger partial charge on any atom is -0.294 e. The van der Waals surface area contributed by atoms with Crippen LogP contribution in [0.4, 0.5) is 34.4 Å². The lowest BCUT2D eigenvalue weighted by Gasteiger charge is -2.31. The van der Waals surface area contributed by atoms with Crippen LogP contribution < -0.4 is 9.80 Å². The summed E-state index contributed by atoms with van der Waals surface area (Å²) in [5.41, 5.74) is 9.53. The van der Waals surface area contributed by atoms with Gasteiger partial charge >= 0.3 is 0 Å². The van der Waals surface area contributed by atoms with Gasteiger partial charge in [-0.05, 0) is 125 Å². The summed E-state index contributed by atoms with van der Waals surface area (Å²) in [5.74, 6) is 1.77. The van der Waals surface area contributed by atoms with E-state index in [9.17, 15) is 0 Å². The van der Waals surface area contributed by atoms with Crippen molar-refractivity contribution in [1.29, 1.82) is 0 Å². The van der Waals surface area contributed by atoms with Gasteiger partial charge in [0.25, 0.3) is 0 Å². The van der Waals surface area contributed by atoms with Crippen molar-refractivity contribution in [3.63, 3.8) is 0 Å². The lowest BCUT2D eigenvalue weighted by atomic mass is 9.87. The zero-order chi connectivity index (χ0) is 36.1. The standard InChI is InChI=1S/C49H40N4/c1-5-37-44(52(46-24-10-12-28-50-46)42-22-14-18-35-16-6-8-20-39(35)42)31-33(3)38-26-27-41-45(30-32(2)34(4)48(41)49(37)38)53(47-25-11-13-29-51-47)43-23-15-19-36-17-7-9-21-40(36)43/h6-31H,5H2,1-4H3. The fourth-order valence-corrected chi connectivity index (χ4v) is 8.21. The van der Waals surface area contributed by atoms with E-state index in [1.54, 1.807) is 0 Å². The van der Waals surface area contributed by atoms with Crippen LogP contribution in [0, 0.1) is 20.8 Å². The second kappa shape index (κ2) is 13.2. The predicted molar refractivity (Wildman–Crippen MR) is 225 cm³/mol. The van der Waals surface area contributed by atoms with Crippen LogP contribution in [0.1, 0.15) is 29.2 Å². The number of hydrogen-bond donors (Lipinski definition) is 0. The zero-order valence-corrected chi connectivity index (χ0v) is 30.5. The number of pyridine rings is 2. The van der Waals surface area contributed by atoms with Crippen LogP contribution in [-0.4, -0.2) is 9.97 Å². The summed E-state index contributed by atoms with van der Waals surface area (Å²) in [4.78, 5) is 14.6. The molecule has 9 rings (SSSR count). The van der Waals surface area contributed by atoms with Crippen LogP contribution in [0.25, 0.3) is 43.1 Å². The number of aryl methyl sites for hydroxylation is 4. The molecule has 0 atom stereocenters. The highest BCUT2D eigenvalue weighted by molar-refractivity contribution is 6.18. The number of aromatic nitrogens is 2. The Morgan fingerprint density at radius 1 is 0.434 bits per heavy atom. The molecule has 4 heteroatoms. The molecule has 0 amide bonds. The third-order valence-corrected chi connectivity index (χ3v) is 10.8. The van der Waals surface area contributed by atoms with Gasteiger partial charge in [-0.25, -0.2) is 9.97 Å². The third-order valence-electron chi connectivity index (χ3n) is 10.8. The van der Waals surface area contributed by atoms with E-state index in [0.29, 0.717) is 0 Å². The molecule has 0 unspecified atom stereocenters. The summed E-state index contributed by atoms with van der Waals surface area (Å²) in [6.07, 6.45) is 4.62. The zero-order valence-electron chi connectivity index (χ0n) is 30.5. The average molecular weight is 685 g/mol. The third kappa shape index (κ3) is 5.37. The van der Waals surface area contributed by atoms with Crippen molar-refractivity contribution in [3.8, 4) is 0 Å². The number of anilines is 6. The molecule has 0 spiro atoms. The SMILES string of the molecule is CCc1c(N(c2ccccn2)c2cccc3ccccc23)cc(C)c2ccc3c(N(c4ccccn4)c4cccc5ccccc45)cc(C)c(C)c3c12. The van der Waals surface area contributed by atoms with E-state index < -0.39 is 0 Å². The van der Waals surface area contributed by atoms with Crippen molar-refractivity contribution in [3.05, 3.63) is 180 Å². The molecule has 0 radical (unpaired) electrons. The van der Waals surface area contributed by atoms with Crippen molar-refractivity contribution in [1.82, 2.24) is 9.97 Å². The van der Waals surface area contributed by atoms with Crippen LogP contribution in [0.15, 0.2) is 158 Å². The summed E-state index contributed by atoms with van der Waals surface area (Å²) < 4.78 is 0. The van der Waals surface area contributed by atoms with Gasteiger partial charge in [-0.2, -0.15) is 0 Å². The molecule has 0 saturated carbocycles. The molecular weight excluding hydrogens is 645 g/mol. The molecule has 0 bridgehead atoms. The average Bonchev–Trinajstić information content (AvgIpc) is 3.21. The first kappa shape index (κ1) is 32.4. The number of hydrogen-bond acceptors (Lipinski definition) is 4. The van der Waals surface area contributed by atoms with E-state index in [4.69, 9.17) is 9.97 Å². The number of fused-ring (bicyclic) bond motifs is 5. The van der Waals surface area contributed by atoms with Crippen LogP contribution in [0.5, 0.6) is 0 Å². The minimum absolute atomic E-state index is 0.843. The van der Waals surface area contributed by atoms with Crippen molar-refractivity contribution >= 4 is 77.5 Å². The molecule has 256 valence electrons. The maximum Gasteiger partial charge on any atom is 0.137 e. The van der Waals surface area contributed by atoms with Gasteiger partial charge in [0.2, 0.25) is 0 Å². The van der Waals surface area contributed by atoms with Gasteiger partial charge in [0.15, 0.2) is 0 Å². The maximum atomic E-state index is 4.96. The Kier molecular flexibility index (Phi) is 8.08. The van der Waals surface area contributed by atoms with Gasteiger partial charge < -0.3 is 0 Å². The summed E-state index contributed by atoms with van der Waals surface area (Å²) in [6, 6.07) is 52.1. The van der Waals surface area contributed by atoms with Crippen LogP contribution in [-0.2, 0) is 6.42 Å². The van der Waals surface area contributed by atoms with Gasteiger partial charge in [0, 0.05) is 28.6 Å². The molecule has 4 nitrogen and oxygen atoms in total. The Morgan fingerprint density at radius 2 is 0.943 bits per heavy atom. The molecule has 0 fully saturated rings. The number of rotatable bonds is 7. The highest BCUT2D eigenvalue weighted by Crippen LogP contribution is 2.48. The highest BCUT2D eigenvalue weighted by atomic mass is 15.2. The topological polar surface area (TPSA) is 32.3 Å². The Hall–Kier alpha value is -6.52. The van der Waals surface area contributed by atoms with Gasteiger partial charge in [0.05, 0.1) is 22.7 Å². The summed E-state index contributed by atoms with van der Waals surface area (Å²) in [6.45, 7) is 9.07. The molecule has 9 aromatic rings. The van der Waals surface area contributed by atoms with Crippen molar-refractivity contribution in [2.24, 2.45) is 0 Å². The second-order valence-electron chi connectivity index (χ2n) is 13.8. The lowest BCUT2D eigenvalue weighted by molar-refractivity contribution is 1.11. The molecule has 0 N–H and O–H groups in total. The van der Waals surface area contributed by atoms with E-state index in [-0.39, 0.29) is 0 Å². The first-order valence-corrected chi connectivity index (χ1v) is 18.4. The molecule has 0 aliphatic heterocycles. The van der Waals surface area contributed by atoms with Crippen molar-refractivity contribution in [2.45, 2.75) is 34.1 Å². The molecule has 0 aliphatic carbocycles. The first-order valence-electron chi connectivity index (χ1n) is 18.4. The van der Waals surface area contributed by atoms with E-state index in [0.717, 1.165) is 40.8 Å². The lowest BCUT2D eigenvalue weighted by Crippen LogP contribution is -2.15. The van der Waals surface area contributed by atoms with Crippen LogP contribution in [0.3, 0.4) is 0 Å². The van der Waals surface area contributed by atoms with E-state index in [1.807, 2.05) is 24.5 Å². The quantitative estimate of drug-likeness (QED) is 0.156. The van der Waals surface area contributed by atoms with E-state index in [2.05, 4.69) is 171 Å². The van der Waals surface area contributed by atoms with Crippen molar-refractivity contribution in [2.75, 3.05) is 9.80 Å². The van der Waals surface area contributed by atoms with E-state index in [1.165, 1.54) is 65.3 Å². The van der Waals surface area contributed by atoms with E-state index >= 15 is 0 Å². The Bertz CT molecular complexity index is 2800. The summed E-state index contributed by atoms with van der Waals surface area (Å²) >= 11 is 0. The van der Waals surface area contributed by atoms with Gasteiger partial charge in [-0.3, -0.25) is 9.80 Å². The monoisotopic (exact) mass is 684 g/mol. The van der Waals surface area contributed by atoms with Crippen molar-refractivity contribution < 1.29 is 0 Å². The van der Waals surface area contributed by atoms with Gasteiger partial charge in [-0.15, -0.1) is 0 Å². The molecule has 0 aliphatic rings. The molecule has 2 heterocycles. The Balaban J connectivity index is 1.39. The molecule has 0 saturated heterocycles. The fraction of sp³-hybridized carbons (Fsp3) is 0.102. The highest BCUT2D eigenvalue weighted by Gasteiger charge is 2.25.